The van der Waals surface area contributed by atoms with Gasteiger partial charge in [-0.05, 0) is 167 Å². The van der Waals surface area contributed by atoms with E-state index in [4.69, 9.17) is 18.9 Å². The number of hydrogen-bond acceptors (Lipinski definition) is 43. The number of carbonyl (C=O) groups excluding carboxylic acids is 3. The number of esters is 1. The zero-order valence-corrected chi connectivity index (χ0v) is 88.5. The van der Waals surface area contributed by atoms with Gasteiger partial charge in [0.15, 0.2) is 18.5 Å². The Labute approximate surface area is 848 Å². The topological polar surface area (TPSA) is 671 Å². The van der Waals surface area contributed by atoms with Crippen LogP contribution < -0.4 is 4.90 Å². The Morgan fingerprint density at radius 2 is 0.841 bits per heavy atom. The van der Waals surface area contributed by atoms with E-state index in [9.17, 15) is 126 Å². The van der Waals surface area contributed by atoms with Crippen LogP contribution in [0.3, 0.4) is 0 Å². The number of ether oxygens (including phenoxy) is 4. The summed E-state index contributed by atoms with van der Waals surface area (Å²) in [6.45, 7) is 51.0. The van der Waals surface area contributed by atoms with Gasteiger partial charge in [0.05, 0.1) is 44.1 Å². The van der Waals surface area contributed by atoms with Crippen LogP contribution in [-0.4, -0.2) is 289 Å². The molecule has 145 heavy (non-hydrogen) atoms. The lowest BCUT2D eigenvalue weighted by Crippen LogP contribution is -2.49. The maximum Gasteiger partial charge on any atom is 0.305 e. The lowest BCUT2D eigenvalue weighted by atomic mass is 9.83. The number of benzene rings is 1. The Morgan fingerprint density at radius 1 is 0.407 bits per heavy atom. The number of amides is 1. The number of anilines is 1. The van der Waals surface area contributed by atoms with Crippen molar-refractivity contribution in [3.63, 3.8) is 0 Å². The summed E-state index contributed by atoms with van der Waals surface area (Å²) in [5.74, 6) is 2.59. The molecule has 0 N–H and O–H groups in total. The minimum atomic E-state index is -1.36. The molecule has 1 aromatic carbocycles. The predicted molar refractivity (Wildman–Crippen MR) is 524 cm³/mol. The number of nitro benzene ring substituents is 1. The third-order valence-corrected chi connectivity index (χ3v) is 22.7. The van der Waals surface area contributed by atoms with Gasteiger partial charge in [-0.1, -0.05) is 157 Å². The van der Waals surface area contributed by atoms with Crippen LogP contribution in [0.4, 0.5) is 11.4 Å². The fraction of sp³-hybridized carbons (Fsp3) is 0.900. The summed E-state index contributed by atoms with van der Waals surface area (Å²) >= 11 is 0. The first-order valence-corrected chi connectivity index (χ1v) is 49.4. The average Bonchev–Trinajstić information content (AvgIpc) is 1.64. The van der Waals surface area contributed by atoms with Gasteiger partial charge in [-0.25, -0.2) is 0 Å². The minimum Gasteiger partial charge on any atom is -0.465 e. The van der Waals surface area contributed by atoms with Gasteiger partial charge in [0.2, 0.25) is 5.91 Å². The molecule has 3 unspecified atom stereocenters. The van der Waals surface area contributed by atoms with Crippen LogP contribution in [0.5, 0.6) is 0 Å². The largest absolute Gasteiger partial charge is 0.465 e. The number of carbonyl (C=O) groups is 3. The number of nitrogens with zero attached hydrogens (tertiary/aromatic N) is 16. The second kappa shape index (κ2) is 75.5. The number of fused-ring (bicyclic) bond motifs is 1. The molecule has 0 aromatic heterocycles. The van der Waals surface area contributed by atoms with Crippen molar-refractivity contribution in [2.45, 2.75) is 285 Å². The monoisotopic (exact) mass is 2100 g/mol. The normalized spacial score (nSPS) is 16.3. The Hall–Kier alpha value is -11.2. The fourth-order valence-electron chi connectivity index (χ4n) is 14.3. The smallest absolute Gasteiger partial charge is 0.305 e. The van der Waals surface area contributed by atoms with Crippen molar-refractivity contribution in [1.29, 1.82) is 0 Å². The Balaban J connectivity index is 0. The van der Waals surface area contributed by atoms with Gasteiger partial charge < -0.3 is 82.0 Å². The standard InChI is InChI=1S/C15H23N3O5.C12H23N3O4.C12H25N3O3.C11H19NO5.C11H21NO5.C10H17NO5.C10H21NO3.C9H17N3O9/c1-15(2,3)9-4-10-16(11-12-23-18(21)22)13-5-7-14(8-6-13)17(19)20;1-11(2)4-3-5-13-6-8-14(9-7-13)12(16)10-19-15(17)18;1-12(2)4-3-5-13-6-8-14(9-7-13)10-11-18-15(16)17;1-9(2)3-4-10(13)16-7-11(5-6-11)8-17-12(14)15;1-11(2,3)6-5-10(13)9-16-7-4-8-17-12(14)15;1-6(2)3-7-4-14-10-8(16-11(12)13)5-15-9(7)10;1-10(2,3)8-6-4-5-7-9-14-11(12)13;1-8(2)3-4-9(5-19-10(13)14,6-20-11(15)16)7-21-12(17)18/h5-8H,4,9-12H2,1-3H3;11H,3-10H2,1-2H3;12H,3-11H2,1-2H3;9H,3-8H2,1-2H3;4-9H2,1-3H3;6-10H,3-5H2,1-2H3;4-9H2,1-3H3;8H,3-7H2,1-2H3/t;;;;;7?,8-,9?,10?;;/m.....1../s1. The van der Waals surface area contributed by atoms with Crippen molar-refractivity contribution >= 4 is 29.0 Å². The molecule has 55 heteroatoms. The molecule has 5 aliphatic rings. The van der Waals surface area contributed by atoms with Crippen molar-refractivity contribution in [2.24, 2.45) is 62.6 Å². The molecular formula is C90H166N16O39. The number of unbranched alkanes of at least 4 members (excludes halogenated alkanes) is 3. The molecule has 0 radical (unpaired) electrons. The van der Waals surface area contributed by atoms with Gasteiger partial charge in [-0.2, -0.15) is 0 Å². The zero-order chi connectivity index (χ0) is 110. The van der Waals surface area contributed by atoms with E-state index in [1.807, 2.05) is 32.6 Å². The van der Waals surface area contributed by atoms with Crippen LogP contribution in [0, 0.1) is 174 Å². The molecule has 1 aromatic rings. The molecule has 1 amide bonds. The molecule has 4 heterocycles. The average molecular weight is 2100 g/mol. The zero-order valence-electron chi connectivity index (χ0n) is 88.5. The summed E-state index contributed by atoms with van der Waals surface area (Å²) in [5.41, 5.74) is -0.107. The van der Waals surface area contributed by atoms with E-state index in [1.165, 1.54) is 57.2 Å². The second-order valence-corrected chi connectivity index (χ2v) is 41.7. The molecule has 0 spiro atoms. The van der Waals surface area contributed by atoms with Crippen LogP contribution in [0.2, 0.25) is 0 Å². The molecular weight excluding hydrogens is 1930 g/mol. The first kappa shape index (κ1) is 136. The number of nitro groups is 1. The van der Waals surface area contributed by atoms with E-state index in [0.29, 0.717) is 94.8 Å². The van der Waals surface area contributed by atoms with E-state index in [2.05, 4.69) is 167 Å². The summed E-state index contributed by atoms with van der Waals surface area (Å²) < 4.78 is 21.3. The molecule has 1 aliphatic carbocycles. The highest BCUT2D eigenvalue weighted by Gasteiger charge is 2.50. The maximum atomic E-state index is 11.6. The molecule has 0 bridgehead atoms. The molecule has 5 fully saturated rings. The molecule has 55 nitrogen and oxygen atoms in total. The number of hydrogen-bond donors (Lipinski definition) is 0. The summed E-state index contributed by atoms with van der Waals surface area (Å²) in [5, 5.41) is 103. The van der Waals surface area contributed by atoms with Crippen LogP contribution in [0.25, 0.3) is 0 Å². The lowest BCUT2D eigenvalue weighted by Gasteiger charge is -2.34. The molecule has 840 valence electrons. The highest BCUT2D eigenvalue weighted by molar-refractivity contribution is 5.79. The summed E-state index contributed by atoms with van der Waals surface area (Å²) in [4.78, 5) is 199. The minimum absolute atomic E-state index is 0.00316. The highest BCUT2D eigenvalue weighted by Crippen LogP contribution is 2.46. The Morgan fingerprint density at radius 3 is 1.28 bits per heavy atom. The first-order valence-electron chi connectivity index (χ1n) is 49.4. The van der Waals surface area contributed by atoms with E-state index >= 15 is 0 Å². The third kappa shape index (κ3) is 79.7. The van der Waals surface area contributed by atoms with Gasteiger partial charge in [-0.15, -0.1) is 101 Å². The molecule has 4 atom stereocenters. The number of piperazine rings is 2. The van der Waals surface area contributed by atoms with Crippen molar-refractivity contribution in [3.8, 4) is 0 Å². The first-order chi connectivity index (χ1) is 67.7. The molecule has 1 saturated carbocycles. The molecule has 4 saturated heterocycles. The van der Waals surface area contributed by atoms with E-state index < -0.39 is 93.7 Å². The van der Waals surface area contributed by atoms with Gasteiger partial charge in [0.25, 0.3) is 56.6 Å². The van der Waals surface area contributed by atoms with Crippen LogP contribution in [0.15, 0.2) is 24.3 Å². The SMILES string of the molecule is CC(C)(C)CCC(=O)COCCCO[N+](=O)[O-].CC(C)(C)CCCCCCO[N+](=O)[O-].CC(C)(C)CCCN(CCO[N+](=O)[O-])c1ccc([N+](=O)[O-])cc1.CC(C)CC1COC2C1OC[C@H]2O[N+](=O)[O-].CC(C)CCC(=O)OCC1(CO[N+](=O)[O-])CC1.CC(C)CCC(CO[N+](=O)[O-])(CO[N+](=O)[O-])CO[N+](=O)[O-].CC(C)CCCN1CCN(C(=O)CO[N+](=O)[O-])CC1.CC(C)CCCN1CCN(CCO[N+](=O)[O-])CC1. The Bertz CT molecular complexity index is 3780. The van der Waals surface area contributed by atoms with Crippen LogP contribution in [-0.2, 0) is 81.7 Å². The number of rotatable bonds is 64. The highest BCUT2D eigenvalue weighted by atomic mass is 17.0. The van der Waals surface area contributed by atoms with Gasteiger partial charge in [0.1, 0.15) is 52.4 Å². The summed E-state index contributed by atoms with van der Waals surface area (Å²) in [6, 6.07) is 6.17. The molecule has 4 aliphatic heterocycles. The summed E-state index contributed by atoms with van der Waals surface area (Å²) in [7, 11) is 0. The van der Waals surface area contributed by atoms with E-state index in [0.717, 1.165) is 128 Å². The molecule has 6 rings (SSSR count). The van der Waals surface area contributed by atoms with Crippen LogP contribution in [0.1, 0.15) is 266 Å². The van der Waals surface area contributed by atoms with Gasteiger partial charge in [-0.3, -0.25) is 34.3 Å². The van der Waals surface area contributed by atoms with E-state index in [1.54, 1.807) is 17.0 Å². The second-order valence-electron chi connectivity index (χ2n) is 41.7. The predicted octanol–water partition coefficient (Wildman–Crippen LogP) is 14.7. The third-order valence-electron chi connectivity index (χ3n) is 22.7. The lowest BCUT2D eigenvalue weighted by molar-refractivity contribution is -0.782. The number of Topliss-reactive ketones (excluding diaryl/α,β-unsaturated/α-hetero) is 1. The van der Waals surface area contributed by atoms with Crippen molar-refractivity contribution in [2.75, 3.05) is 182 Å². The fourth-order valence-corrected chi connectivity index (χ4v) is 14.3. The number of non-ortho nitro benzene ring substituents is 1. The van der Waals surface area contributed by atoms with Gasteiger partial charge >= 0.3 is 5.97 Å². The van der Waals surface area contributed by atoms with Crippen molar-refractivity contribution < 1.29 is 137 Å². The van der Waals surface area contributed by atoms with E-state index in [-0.39, 0.29) is 117 Å². The van der Waals surface area contributed by atoms with Crippen LogP contribution >= 0.6 is 0 Å². The van der Waals surface area contributed by atoms with Gasteiger partial charge in [0, 0.05) is 126 Å². The van der Waals surface area contributed by atoms with Crippen molar-refractivity contribution in [1.82, 2.24) is 19.6 Å². The Kier molecular flexibility index (Phi) is 70.7. The number of ketones is 1. The van der Waals surface area contributed by atoms with Crippen molar-refractivity contribution in [3.05, 3.63) is 136 Å². The quantitative estimate of drug-likeness (QED) is 0.0253. The summed E-state index contributed by atoms with van der Waals surface area (Å²) in [6.07, 6.45) is 17.6. The maximum absolute atomic E-state index is 11.6.